The highest BCUT2D eigenvalue weighted by Gasteiger charge is 2.14. The van der Waals surface area contributed by atoms with Crippen molar-refractivity contribution in [3.63, 3.8) is 0 Å². The summed E-state index contributed by atoms with van der Waals surface area (Å²) in [7, 11) is 0. The number of aliphatic hydroxyl groups excluding tert-OH is 1. The number of nitrogens with one attached hydrogen (secondary N) is 2. The van der Waals surface area contributed by atoms with Gasteiger partial charge in [-0.15, -0.1) is 0 Å². The summed E-state index contributed by atoms with van der Waals surface area (Å²) in [6.07, 6.45) is 7.17. The molecule has 1 fully saturated rings. The van der Waals surface area contributed by atoms with Gasteiger partial charge in [-0.3, -0.25) is 0 Å². The smallest absolute Gasteiger partial charge is 0.132 e. The zero-order chi connectivity index (χ0) is 13.5. The van der Waals surface area contributed by atoms with Crippen LogP contribution in [0.1, 0.15) is 44.3 Å². The van der Waals surface area contributed by atoms with Crippen LogP contribution in [0.15, 0.2) is 6.07 Å². The van der Waals surface area contributed by atoms with Crippen molar-refractivity contribution >= 4 is 11.6 Å². The molecule has 5 nitrogen and oxygen atoms in total. The fraction of sp³-hybridized carbons (Fsp3) is 0.714. The van der Waals surface area contributed by atoms with Crippen molar-refractivity contribution in [3.8, 4) is 0 Å². The van der Waals surface area contributed by atoms with E-state index in [-0.39, 0.29) is 6.61 Å². The lowest BCUT2D eigenvalue weighted by atomic mass is 9.95. The third kappa shape index (κ3) is 4.67. The summed E-state index contributed by atoms with van der Waals surface area (Å²) in [6, 6.07) is 2.51. The number of aryl methyl sites for hydroxylation is 1. The van der Waals surface area contributed by atoms with Crippen molar-refractivity contribution in [2.45, 2.75) is 51.5 Å². The number of aromatic nitrogens is 2. The van der Waals surface area contributed by atoms with Gasteiger partial charge in [-0.2, -0.15) is 0 Å². The number of nitrogens with zero attached hydrogens (tertiary/aromatic N) is 2. The molecule has 0 radical (unpaired) electrons. The van der Waals surface area contributed by atoms with E-state index in [0.29, 0.717) is 6.04 Å². The van der Waals surface area contributed by atoms with Gasteiger partial charge in [-0.25, -0.2) is 9.97 Å². The topological polar surface area (TPSA) is 70.1 Å². The second kappa shape index (κ2) is 7.28. The van der Waals surface area contributed by atoms with Crippen molar-refractivity contribution in [2.75, 3.05) is 23.8 Å². The Hall–Kier alpha value is -1.36. The summed E-state index contributed by atoms with van der Waals surface area (Å²) in [5.41, 5.74) is 0. The van der Waals surface area contributed by atoms with Crippen LogP contribution in [0.5, 0.6) is 0 Å². The van der Waals surface area contributed by atoms with E-state index in [1.807, 2.05) is 13.0 Å². The Bertz CT molecular complexity index is 391. The van der Waals surface area contributed by atoms with E-state index in [9.17, 15) is 0 Å². The standard InChI is InChI=1S/C14H24N4O/c1-11-16-13(15-8-5-9-19)10-14(17-11)18-12-6-3-2-4-7-12/h10,12,19H,2-9H2,1H3,(H2,15,16,17,18). The fourth-order valence-electron chi connectivity index (χ4n) is 2.48. The van der Waals surface area contributed by atoms with Gasteiger partial charge in [0.05, 0.1) is 0 Å². The molecule has 1 aromatic rings. The first-order chi connectivity index (χ1) is 9.28. The first-order valence-corrected chi connectivity index (χ1v) is 7.25. The Labute approximate surface area is 114 Å². The molecule has 0 bridgehead atoms. The monoisotopic (exact) mass is 264 g/mol. The number of anilines is 2. The molecule has 106 valence electrons. The molecule has 1 aliphatic carbocycles. The van der Waals surface area contributed by atoms with Gasteiger partial charge in [0.15, 0.2) is 0 Å². The van der Waals surface area contributed by atoms with Crippen molar-refractivity contribution in [3.05, 3.63) is 11.9 Å². The highest BCUT2D eigenvalue weighted by Crippen LogP contribution is 2.21. The summed E-state index contributed by atoms with van der Waals surface area (Å²) in [5, 5.41) is 15.5. The van der Waals surface area contributed by atoms with Gasteiger partial charge in [0.25, 0.3) is 0 Å². The maximum atomic E-state index is 8.78. The average molecular weight is 264 g/mol. The third-order valence-electron chi connectivity index (χ3n) is 3.44. The SMILES string of the molecule is Cc1nc(NCCCO)cc(NC2CCCCC2)n1. The third-order valence-corrected chi connectivity index (χ3v) is 3.44. The molecule has 0 spiro atoms. The van der Waals surface area contributed by atoms with Crippen LogP contribution in [-0.4, -0.2) is 34.3 Å². The molecule has 1 aromatic heterocycles. The van der Waals surface area contributed by atoms with E-state index in [2.05, 4.69) is 20.6 Å². The fourth-order valence-corrected chi connectivity index (χ4v) is 2.48. The first-order valence-electron chi connectivity index (χ1n) is 7.25. The van der Waals surface area contributed by atoms with Gasteiger partial charge >= 0.3 is 0 Å². The molecule has 0 unspecified atom stereocenters. The van der Waals surface area contributed by atoms with E-state index in [4.69, 9.17) is 5.11 Å². The lowest BCUT2D eigenvalue weighted by Crippen LogP contribution is -2.23. The quantitative estimate of drug-likeness (QED) is 0.688. The van der Waals surface area contributed by atoms with Gasteiger partial charge < -0.3 is 15.7 Å². The summed E-state index contributed by atoms with van der Waals surface area (Å²) >= 11 is 0. The highest BCUT2D eigenvalue weighted by atomic mass is 16.3. The zero-order valence-corrected chi connectivity index (χ0v) is 11.7. The molecule has 3 N–H and O–H groups in total. The van der Waals surface area contributed by atoms with Crippen LogP contribution in [0.3, 0.4) is 0 Å². The van der Waals surface area contributed by atoms with Gasteiger partial charge in [0.1, 0.15) is 17.5 Å². The molecule has 0 atom stereocenters. The van der Waals surface area contributed by atoms with Crippen LogP contribution in [-0.2, 0) is 0 Å². The minimum absolute atomic E-state index is 0.199. The molecule has 1 aliphatic rings. The molecule has 2 rings (SSSR count). The van der Waals surface area contributed by atoms with Gasteiger partial charge in [0, 0.05) is 25.3 Å². The molecular formula is C14H24N4O. The Morgan fingerprint density at radius 3 is 2.68 bits per heavy atom. The minimum Gasteiger partial charge on any atom is -0.396 e. The second-order valence-electron chi connectivity index (χ2n) is 5.17. The van der Waals surface area contributed by atoms with E-state index >= 15 is 0 Å². The predicted molar refractivity (Wildman–Crippen MR) is 77.5 cm³/mol. The summed E-state index contributed by atoms with van der Waals surface area (Å²) in [4.78, 5) is 8.80. The molecule has 0 aliphatic heterocycles. The van der Waals surface area contributed by atoms with Gasteiger partial charge in [0.2, 0.25) is 0 Å². The lowest BCUT2D eigenvalue weighted by molar-refractivity contribution is 0.292. The molecule has 1 heterocycles. The number of hydrogen-bond acceptors (Lipinski definition) is 5. The largest absolute Gasteiger partial charge is 0.396 e. The molecule has 0 amide bonds. The van der Waals surface area contributed by atoms with Crippen LogP contribution in [0, 0.1) is 6.92 Å². The Morgan fingerprint density at radius 2 is 1.95 bits per heavy atom. The van der Waals surface area contributed by atoms with E-state index in [0.717, 1.165) is 30.4 Å². The van der Waals surface area contributed by atoms with Crippen LogP contribution in [0.2, 0.25) is 0 Å². The van der Waals surface area contributed by atoms with Crippen molar-refractivity contribution in [1.82, 2.24) is 9.97 Å². The summed E-state index contributed by atoms with van der Waals surface area (Å²) < 4.78 is 0. The number of aliphatic hydroxyl groups is 1. The number of rotatable bonds is 6. The molecular weight excluding hydrogens is 240 g/mol. The molecule has 1 saturated carbocycles. The van der Waals surface area contributed by atoms with Crippen LogP contribution < -0.4 is 10.6 Å². The molecule has 19 heavy (non-hydrogen) atoms. The molecule has 5 heteroatoms. The predicted octanol–water partition coefficient (Wildman–Crippen LogP) is 2.32. The average Bonchev–Trinajstić information content (AvgIpc) is 2.39. The van der Waals surface area contributed by atoms with E-state index in [1.54, 1.807) is 0 Å². The van der Waals surface area contributed by atoms with E-state index in [1.165, 1.54) is 32.1 Å². The lowest BCUT2D eigenvalue weighted by Gasteiger charge is -2.23. The summed E-state index contributed by atoms with van der Waals surface area (Å²) in [5.74, 6) is 2.51. The maximum absolute atomic E-state index is 8.78. The Kier molecular flexibility index (Phi) is 5.39. The van der Waals surface area contributed by atoms with Crippen molar-refractivity contribution in [2.24, 2.45) is 0 Å². The second-order valence-corrected chi connectivity index (χ2v) is 5.17. The summed E-state index contributed by atoms with van der Waals surface area (Å²) in [6.45, 7) is 2.84. The van der Waals surface area contributed by atoms with E-state index < -0.39 is 0 Å². The van der Waals surface area contributed by atoms with Gasteiger partial charge in [-0.05, 0) is 26.2 Å². The highest BCUT2D eigenvalue weighted by molar-refractivity contribution is 5.48. The normalized spacial score (nSPS) is 16.3. The van der Waals surface area contributed by atoms with Crippen LogP contribution in [0.25, 0.3) is 0 Å². The number of hydrogen-bond donors (Lipinski definition) is 3. The van der Waals surface area contributed by atoms with Crippen molar-refractivity contribution in [1.29, 1.82) is 0 Å². The first kappa shape index (κ1) is 14.1. The zero-order valence-electron chi connectivity index (χ0n) is 11.7. The minimum atomic E-state index is 0.199. The van der Waals surface area contributed by atoms with Gasteiger partial charge in [-0.1, -0.05) is 19.3 Å². The molecule has 0 aromatic carbocycles. The van der Waals surface area contributed by atoms with Crippen LogP contribution >= 0.6 is 0 Å². The maximum Gasteiger partial charge on any atom is 0.132 e. The van der Waals surface area contributed by atoms with Crippen molar-refractivity contribution < 1.29 is 5.11 Å². The Balaban J connectivity index is 1.95. The molecule has 0 saturated heterocycles. The van der Waals surface area contributed by atoms with Crippen LogP contribution in [0.4, 0.5) is 11.6 Å². The Morgan fingerprint density at radius 1 is 1.21 bits per heavy atom.